The molecule has 1 atom stereocenters. The van der Waals surface area contributed by atoms with Gasteiger partial charge < -0.3 is 16.4 Å². The van der Waals surface area contributed by atoms with Gasteiger partial charge in [-0.3, -0.25) is 0 Å². The Morgan fingerprint density at radius 3 is 1.81 bits per heavy atom. The number of nitrogens with zero attached hydrogens (tertiary/aromatic N) is 1. The summed E-state index contributed by atoms with van der Waals surface area (Å²) in [6, 6.07) is 20.4. The van der Waals surface area contributed by atoms with Gasteiger partial charge in [-0.25, -0.2) is 0 Å². The Hall–Kier alpha value is -2.52. The van der Waals surface area contributed by atoms with E-state index in [0.717, 1.165) is 17.1 Å². The fourth-order valence-electron chi connectivity index (χ4n) is 2.61. The van der Waals surface area contributed by atoms with Crippen LogP contribution in [0.25, 0.3) is 0 Å². The summed E-state index contributed by atoms with van der Waals surface area (Å²) in [5.41, 5.74) is 14.8. The second-order valence-electron chi connectivity index (χ2n) is 5.24. The van der Waals surface area contributed by atoms with E-state index >= 15 is 0 Å². The first-order valence-corrected chi connectivity index (χ1v) is 7.03. The highest BCUT2D eigenvalue weighted by atomic mass is 15.3. The molecule has 0 heterocycles. The van der Waals surface area contributed by atoms with Crippen LogP contribution in [0.2, 0.25) is 0 Å². The number of benzene rings is 2. The molecule has 0 saturated heterocycles. The topological polar surface area (TPSA) is 55.3 Å². The predicted octanol–water partition coefficient (Wildman–Crippen LogP) is 3.28. The lowest BCUT2D eigenvalue weighted by Crippen LogP contribution is -2.53. The molecule has 0 aliphatic heterocycles. The van der Waals surface area contributed by atoms with Crippen molar-refractivity contribution in [2.45, 2.75) is 12.1 Å². The zero-order valence-electron chi connectivity index (χ0n) is 11.8. The molecule has 2 aromatic rings. The van der Waals surface area contributed by atoms with Crippen molar-refractivity contribution < 1.29 is 0 Å². The van der Waals surface area contributed by atoms with Gasteiger partial charge in [-0.15, -0.1) is 0 Å². The van der Waals surface area contributed by atoms with Crippen LogP contribution in [-0.4, -0.2) is 5.66 Å². The second-order valence-corrected chi connectivity index (χ2v) is 5.24. The van der Waals surface area contributed by atoms with Crippen molar-refractivity contribution in [1.82, 2.24) is 0 Å². The van der Waals surface area contributed by atoms with E-state index < -0.39 is 5.66 Å². The number of hydrogen-bond acceptors (Lipinski definition) is 3. The zero-order chi connectivity index (χ0) is 14.7. The first kappa shape index (κ1) is 13.5. The Balaban J connectivity index is 2.08. The monoisotopic (exact) mass is 277 g/mol. The second kappa shape index (κ2) is 5.46. The molecule has 1 aliphatic rings. The molecule has 0 bridgehead atoms. The summed E-state index contributed by atoms with van der Waals surface area (Å²) >= 11 is 0. The zero-order valence-corrected chi connectivity index (χ0v) is 11.8. The maximum absolute atomic E-state index is 6.67. The summed E-state index contributed by atoms with van der Waals surface area (Å²) in [4.78, 5) is 2.15. The molecule has 106 valence electrons. The third kappa shape index (κ3) is 2.69. The summed E-state index contributed by atoms with van der Waals surface area (Å²) in [5, 5.41) is 0. The minimum atomic E-state index is -0.619. The van der Waals surface area contributed by atoms with E-state index in [2.05, 4.69) is 29.2 Å². The molecule has 3 rings (SSSR count). The quantitative estimate of drug-likeness (QED) is 0.846. The highest BCUT2D eigenvalue weighted by Crippen LogP contribution is 2.34. The van der Waals surface area contributed by atoms with Crippen molar-refractivity contribution in [3.63, 3.8) is 0 Å². The minimum Gasteiger partial charge on any atom is -0.399 e. The van der Waals surface area contributed by atoms with Crippen LogP contribution >= 0.6 is 0 Å². The molecule has 1 unspecified atom stereocenters. The van der Waals surface area contributed by atoms with E-state index in [1.165, 1.54) is 0 Å². The fourth-order valence-corrected chi connectivity index (χ4v) is 2.61. The van der Waals surface area contributed by atoms with Gasteiger partial charge in [-0.1, -0.05) is 42.5 Å². The number of para-hydroxylation sites is 2. The Morgan fingerprint density at radius 2 is 1.38 bits per heavy atom. The maximum Gasteiger partial charge on any atom is 0.116 e. The van der Waals surface area contributed by atoms with Crippen LogP contribution < -0.4 is 16.4 Å². The van der Waals surface area contributed by atoms with Gasteiger partial charge in [0.15, 0.2) is 0 Å². The molecule has 3 nitrogen and oxygen atoms in total. The summed E-state index contributed by atoms with van der Waals surface area (Å²) in [6.07, 6.45) is 6.49. The van der Waals surface area contributed by atoms with Crippen molar-refractivity contribution in [2.75, 3.05) is 4.90 Å². The van der Waals surface area contributed by atoms with Crippen molar-refractivity contribution in [2.24, 2.45) is 11.5 Å². The predicted molar refractivity (Wildman–Crippen MR) is 88.0 cm³/mol. The first-order valence-electron chi connectivity index (χ1n) is 7.03. The van der Waals surface area contributed by atoms with Gasteiger partial charge in [0.2, 0.25) is 0 Å². The van der Waals surface area contributed by atoms with Crippen molar-refractivity contribution in [1.29, 1.82) is 0 Å². The summed E-state index contributed by atoms with van der Waals surface area (Å²) in [5.74, 6) is 0. The number of hydrogen-bond donors (Lipinski definition) is 2. The molecule has 0 spiro atoms. The van der Waals surface area contributed by atoms with E-state index in [4.69, 9.17) is 11.5 Å². The van der Waals surface area contributed by atoms with Gasteiger partial charge >= 0.3 is 0 Å². The molecule has 0 fully saturated rings. The standard InChI is InChI=1S/C18H19N3/c19-15-11-13-18(20,14-12-15)21(16-7-3-1-4-8-16)17-9-5-2-6-10-17/h1-13H,14,19-20H2. The molecular formula is C18H19N3. The normalized spacial score (nSPS) is 20.9. The molecule has 3 heteroatoms. The largest absolute Gasteiger partial charge is 0.399 e. The van der Waals surface area contributed by atoms with E-state index in [1.54, 1.807) is 0 Å². The van der Waals surface area contributed by atoms with E-state index in [9.17, 15) is 0 Å². The smallest absolute Gasteiger partial charge is 0.116 e. The lowest BCUT2D eigenvalue weighted by molar-refractivity contribution is 0.537. The highest BCUT2D eigenvalue weighted by molar-refractivity contribution is 5.67. The Bertz CT molecular complexity index is 622. The van der Waals surface area contributed by atoms with Crippen LogP contribution in [-0.2, 0) is 0 Å². The van der Waals surface area contributed by atoms with E-state index in [-0.39, 0.29) is 0 Å². The van der Waals surface area contributed by atoms with Crippen LogP contribution in [0.1, 0.15) is 6.42 Å². The average Bonchev–Trinajstić information content (AvgIpc) is 2.53. The Labute approximate surface area is 125 Å². The van der Waals surface area contributed by atoms with Crippen molar-refractivity contribution in [3.05, 3.63) is 84.6 Å². The van der Waals surface area contributed by atoms with Crippen LogP contribution in [0.5, 0.6) is 0 Å². The Kier molecular flexibility index (Phi) is 3.50. The fraction of sp³-hybridized carbons (Fsp3) is 0.111. The Morgan fingerprint density at radius 1 is 0.857 bits per heavy atom. The number of anilines is 2. The van der Waals surface area contributed by atoms with E-state index in [0.29, 0.717) is 6.42 Å². The third-order valence-corrected chi connectivity index (χ3v) is 3.67. The maximum atomic E-state index is 6.67. The molecule has 0 aromatic heterocycles. The van der Waals surface area contributed by atoms with Gasteiger partial charge in [0, 0.05) is 23.5 Å². The SMILES string of the molecule is NC1=CCC(N)(N(c2ccccc2)c2ccccc2)C=C1. The third-order valence-electron chi connectivity index (χ3n) is 3.67. The molecule has 1 aliphatic carbocycles. The van der Waals surface area contributed by atoms with E-state index in [1.807, 2.05) is 54.6 Å². The average molecular weight is 277 g/mol. The van der Waals surface area contributed by atoms with Gasteiger partial charge in [-0.05, 0) is 36.4 Å². The van der Waals surface area contributed by atoms with Crippen LogP contribution in [0, 0.1) is 0 Å². The number of nitrogens with two attached hydrogens (primary N) is 2. The molecule has 4 N–H and O–H groups in total. The summed E-state index contributed by atoms with van der Waals surface area (Å²) < 4.78 is 0. The van der Waals surface area contributed by atoms with Gasteiger partial charge in [0.1, 0.15) is 5.66 Å². The molecule has 0 saturated carbocycles. The minimum absolute atomic E-state index is 0.619. The highest BCUT2D eigenvalue weighted by Gasteiger charge is 2.32. The lowest BCUT2D eigenvalue weighted by Gasteiger charge is -2.41. The molecule has 0 radical (unpaired) electrons. The van der Waals surface area contributed by atoms with Gasteiger partial charge in [-0.2, -0.15) is 0 Å². The number of allylic oxidation sites excluding steroid dienone is 1. The van der Waals surface area contributed by atoms with Gasteiger partial charge in [0.05, 0.1) is 0 Å². The number of rotatable bonds is 3. The summed E-state index contributed by atoms with van der Waals surface area (Å²) in [6.45, 7) is 0. The first-order chi connectivity index (χ1) is 10.2. The van der Waals surface area contributed by atoms with Crippen LogP contribution in [0.4, 0.5) is 11.4 Å². The molecule has 0 amide bonds. The van der Waals surface area contributed by atoms with Crippen molar-refractivity contribution >= 4 is 11.4 Å². The molecule has 2 aromatic carbocycles. The van der Waals surface area contributed by atoms with Crippen LogP contribution in [0.15, 0.2) is 84.6 Å². The molecule has 21 heavy (non-hydrogen) atoms. The summed E-state index contributed by atoms with van der Waals surface area (Å²) in [7, 11) is 0. The van der Waals surface area contributed by atoms with Crippen molar-refractivity contribution in [3.8, 4) is 0 Å². The molecular weight excluding hydrogens is 258 g/mol. The van der Waals surface area contributed by atoms with Gasteiger partial charge in [0.25, 0.3) is 0 Å². The lowest BCUT2D eigenvalue weighted by atomic mass is 9.96. The van der Waals surface area contributed by atoms with Crippen LogP contribution in [0.3, 0.4) is 0 Å².